The summed E-state index contributed by atoms with van der Waals surface area (Å²) in [4.78, 5) is 36.5. The van der Waals surface area contributed by atoms with Gasteiger partial charge in [0.2, 0.25) is 5.91 Å². The minimum absolute atomic E-state index is 0.137. The van der Waals surface area contributed by atoms with Crippen molar-refractivity contribution in [2.45, 2.75) is 19.4 Å². The molecule has 2 aromatic carbocycles. The van der Waals surface area contributed by atoms with Gasteiger partial charge in [-0.1, -0.05) is 18.2 Å². The largest absolute Gasteiger partial charge is 0.481 e. The Labute approximate surface area is 165 Å². The third-order valence-electron chi connectivity index (χ3n) is 4.18. The standard InChI is InChI=1S/C20H19FN4O4/c1-12(29-14-9-7-13(21)8-10-14)19(27)23-22-18(26)11-17-15-5-3-4-6-16(15)20(28)25(2)24-17/h3-10,12H,11H2,1-2H3,(H,22,26)(H,23,27)/t12-/m0/s1. The van der Waals surface area contributed by atoms with Gasteiger partial charge in [-0.25, -0.2) is 9.07 Å². The van der Waals surface area contributed by atoms with E-state index < -0.39 is 23.7 Å². The number of rotatable bonds is 5. The Morgan fingerprint density at radius 1 is 1.10 bits per heavy atom. The minimum Gasteiger partial charge on any atom is -0.481 e. The zero-order valence-electron chi connectivity index (χ0n) is 15.8. The van der Waals surface area contributed by atoms with Crippen molar-refractivity contribution in [1.29, 1.82) is 0 Å². The number of nitrogens with one attached hydrogen (secondary N) is 2. The van der Waals surface area contributed by atoms with Crippen LogP contribution in [0, 0.1) is 5.82 Å². The molecule has 2 amide bonds. The van der Waals surface area contributed by atoms with Gasteiger partial charge in [0.1, 0.15) is 11.6 Å². The number of benzene rings is 2. The molecule has 1 heterocycles. The molecule has 0 saturated heterocycles. The molecule has 3 rings (SSSR count). The molecule has 3 aromatic rings. The number of aryl methyl sites for hydroxylation is 1. The van der Waals surface area contributed by atoms with E-state index in [-0.39, 0.29) is 12.0 Å². The van der Waals surface area contributed by atoms with E-state index in [0.29, 0.717) is 22.2 Å². The number of amides is 2. The summed E-state index contributed by atoms with van der Waals surface area (Å²) in [6.07, 6.45) is -1.06. The maximum atomic E-state index is 12.9. The van der Waals surface area contributed by atoms with E-state index in [1.807, 2.05) is 0 Å². The summed E-state index contributed by atoms with van der Waals surface area (Å²) in [7, 11) is 1.51. The molecule has 0 fully saturated rings. The van der Waals surface area contributed by atoms with Crippen molar-refractivity contribution in [3.8, 4) is 5.75 Å². The molecule has 0 aliphatic rings. The highest BCUT2D eigenvalue weighted by Gasteiger charge is 2.17. The van der Waals surface area contributed by atoms with E-state index in [1.165, 1.54) is 42.9 Å². The third kappa shape index (κ3) is 4.75. The van der Waals surface area contributed by atoms with Crippen molar-refractivity contribution < 1.29 is 18.7 Å². The van der Waals surface area contributed by atoms with E-state index in [4.69, 9.17) is 4.74 Å². The van der Waals surface area contributed by atoms with Gasteiger partial charge in [0.15, 0.2) is 6.10 Å². The number of nitrogens with zero attached hydrogens (tertiary/aromatic N) is 2. The average Bonchev–Trinajstić information content (AvgIpc) is 2.71. The molecule has 9 heteroatoms. The second kappa shape index (κ2) is 8.51. The molecular weight excluding hydrogens is 379 g/mol. The average molecular weight is 398 g/mol. The van der Waals surface area contributed by atoms with Gasteiger partial charge in [-0.3, -0.25) is 25.2 Å². The summed E-state index contributed by atoms with van der Waals surface area (Å²) in [5.41, 5.74) is 4.72. The summed E-state index contributed by atoms with van der Waals surface area (Å²) in [6.45, 7) is 1.49. The van der Waals surface area contributed by atoms with Crippen molar-refractivity contribution in [3.05, 3.63) is 70.4 Å². The van der Waals surface area contributed by atoms with Crippen molar-refractivity contribution in [3.63, 3.8) is 0 Å². The molecule has 0 unspecified atom stereocenters. The zero-order chi connectivity index (χ0) is 21.0. The SMILES string of the molecule is C[C@H](Oc1ccc(F)cc1)C(=O)NNC(=O)Cc1nn(C)c(=O)c2ccccc12. The number of aromatic nitrogens is 2. The molecule has 0 saturated carbocycles. The molecule has 1 atom stereocenters. The van der Waals surface area contributed by atoms with Gasteiger partial charge < -0.3 is 4.74 Å². The highest BCUT2D eigenvalue weighted by molar-refractivity contribution is 5.89. The van der Waals surface area contributed by atoms with Crippen LogP contribution in [-0.4, -0.2) is 27.7 Å². The lowest BCUT2D eigenvalue weighted by Gasteiger charge is -2.15. The molecule has 1 aromatic heterocycles. The van der Waals surface area contributed by atoms with Crippen molar-refractivity contribution in [2.24, 2.45) is 7.05 Å². The Morgan fingerprint density at radius 3 is 2.45 bits per heavy atom. The van der Waals surface area contributed by atoms with Crippen molar-refractivity contribution in [1.82, 2.24) is 20.6 Å². The maximum Gasteiger partial charge on any atom is 0.279 e. The van der Waals surface area contributed by atoms with E-state index in [0.717, 1.165) is 0 Å². The number of hydrazine groups is 1. The molecule has 0 spiro atoms. The number of carbonyl (C=O) groups excluding carboxylic acids is 2. The fourth-order valence-electron chi connectivity index (χ4n) is 2.71. The second-order valence-corrected chi connectivity index (χ2v) is 6.35. The Kier molecular flexibility index (Phi) is 5.87. The Balaban J connectivity index is 1.60. The number of carbonyl (C=O) groups is 2. The lowest BCUT2D eigenvalue weighted by molar-refractivity contribution is -0.132. The first-order chi connectivity index (χ1) is 13.8. The normalized spacial score (nSPS) is 11.7. The summed E-state index contributed by atoms with van der Waals surface area (Å²) in [6, 6.07) is 12.1. The summed E-state index contributed by atoms with van der Waals surface area (Å²) < 4.78 is 19.5. The van der Waals surface area contributed by atoms with Gasteiger partial charge in [-0.2, -0.15) is 5.10 Å². The van der Waals surface area contributed by atoms with Gasteiger partial charge in [-0.15, -0.1) is 0 Å². The predicted molar refractivity (Wildman–Crippen MR) is 103 cm³/mol. The zero-order valence-corrected chi connectivity index (χ0v) is 15.8. The lowest BCUT2D eigenvalue weighted by atomic mass is 10.1. The topological polar surface area (TPSA) is 102 Å². The number of ether oxygens (including phenoxy) is 1. The highest BCUT2D eigenvalue weighted by Crippen LogP contribution is 2.14. The molecule has 2 N–H and O–H groups in total. The van der Waals surface area contributed by atoms with Crippen LogP contribution in [0.4, 0.5) is 4.39 Å². The molecular formula is C20H19FN4O4. The molecule has 8 nitrogen and oxygen atoms in total. The van der Waals surface area contributed by atoms with Gasteiger partial charge in [0.25, 0.3) is 11.5 Å². The fraction of sp³-hybridized carbons (Fsp3) is 0.200. The van der Waals surface area contributed by atoms with E-state index in [1.54, 1.807) is 24.3 Å². The van der Waals surface area contributed by atoms with Crippen LogP contribution in [0.15, 0.2) is 53.3 Å². The lowest BCUT2D eigenvalue weighted by Crippen LogP contribution is -2.47. The van der Waals surface area contributed by atoms with Crippen LogP contribution in [0.5, 0.6) is 5.75 Å². The molecule has 150 valence electrons. The van der Waals surface area contributed by atoms with Crippen LogP contribution in [0.3, 0.4) is 0 Å². The molecule has 29 heavy (non-hydrogen) atoms. The quantitative estimate of drug-likeness (QED) is 0.630. The van der Waals surface area contributed by atoms with Gasteiger partial charge in [0.05, 0.1) is 17.5 Å². The maximum absolute atomic E-state index is 12.9. The number of fused-ring (bicyclic) bond motifs is 1. The first kappa shape index (κ1) is 20.0. The van der Waals surface area contributed by atoms with E-state index in [2.05, 4.69) is 16.0 Å². The van der Waals surface area contributed by atoms with Gasteiger partial charge in [0, 0.05) is 12.4 Å². The van der Waals surface area contributed by atoms with E-state index >= 15 is 0 Å². The van der Waals surface area contributed by atoms with Crippen LogP contribution in [-0.2, 0) is 23.1 Å². The van der Waals surface area contributed by atoms with Gasteiger partial charge in [-0.05, 0) is 37.3 Å². The van der Waals surface area contributed by atoms with Crippen LogP contribution in [0.25, 0.3) is 10.8 Å². The van der Waals surface area contributed by atoms with E-state index in [9.17, 15) is 18.8 Å². The number of halogens is 1. The first-order valence-electron chi connectivity index (χ1n) is 8.81. The molecule has 0 bridgehead atoms. The van der Waals surface area contributed by atoms with Crippen LogP contribution < -0.4 is 21.1 Å². The van der Waals surface area contributed by atoms with Gasteiger partial charge >= 0.3 is 0 Å². The number of hydrogen-bond acceptors (Lipinski definition) is 5. The predicted octanol–water partition coefficient (Wildman–Crippen LogP) is 1.23. The molecule has 0 aliphatic carbocycles. The summed E-state index contributed by atoms with van der Waals surface area (Å²) >= 11 is 0. The second-order valence-electron chi connectivity index (χ2n) is 6.35. The Bertz CT molecular complexity index is 1110. The molecule has 0 radical (unpaired) electrons. The van der Waals surface area contributed by atoms with Crippen molar-refractivity contribution >= 4 is 22.6 Å². The van der Waals surface area contributed by atoms with Crippen LogP contribution in [0.1, 0.15) is 12.6 Å². The smallest absolute Gasteiger partial charge is 0.279 e. The molecule has 0 aliphatic heterocycles. The fourth-order valence-corrected chi connectivity index (χ4v) is 2.71. The Hall–Kier alpha value is -3.75. The monoisotopic (exact) mass is 398 g/mol. The highest BCUT2D eigenvalue weighted by atomic mass is 19.1. The first-order valence-corrected chi connectivity index (χ1v) is 8.81. The third-order valence-corrected chi connectivity index (χ3v) is 4.18. The van der Waals surface area contributed by atoms with Crippen LogP contribution >= 0.6 is 0 Å². The van der Waals surface area contributed by atoms with Crippen LogP contribution in [0.2, 0.25) is 0 Å². The summed E-state index contributed by atoms with van der Waals surface area (Å²) in [5.74, 6) is -1.19. The summed E-state index contributed by atoms with van der Waals surface area (Å²) in [5, 5.41) is 5.17. The van der Waals surface area contributed by atoms with Crippen molar-refractivity contribution in [2.75, 3.05) is 0 Å². The number of hydrogen-bond donors (Lipinski definition) is 2. The minimum atomic E-state index is -0.919. The Morgan fingerprint density at radius 2 is 1.76 bits per heavy atom.